The van der Waals surface area contributed by atoms with Crippen molar-refractivity contribution in [2.45, 2.75) is 6.92 Å². The topological polar surface area (TPSA) is 80.3 Å². The Morgan fingerprint density at radius 1 is 1.15 bits per heavy atom. The summed E-state index contributed by atoms with van der Waals surface area (Å²) in [4.78, 5) is 29.0. The molecule has 0 spiro atoms. The number of carbonyl (C=O) groups excluding carboxylic acids is 2. The van der Waals surface area contributed by atoms with Crippen molar-refractivity contribution >= 4 is 49.9 Å². The van der Waals surface area contributed by atoms with E-state index in [0.29, 0.717) is 34.3 Å². The van der Waals surface area contributed by atoms with Crippen LogP contribution in [0.4, 0.5) is 10.8 Å². The van der Waals surface area contributed by atoms with E-state index in [1.807, 2.05) is 13.0 Å². The lowest BCUT2D eigenvalue weighted by atomic mass is 10.1. The normalized spacial score (nSPS) is 10.3. The van der Waals surface area contributed by atoms with E-state index in [1.54, 1.807) is 48.0 Å². The Morgan fingerprint density at radius 2 is 2.00 bits per heavy atom. The Bertz CT molecular complexity index is 961. The van der Waals surface area contributed by atoms with Crippen molar-refractivity contribution < 1.29 is 14.3 Å². The second-order valence-corrected chi connectivity index (χ2v) is 7.21. The third-order valence-electron chi connectivity index (χ3n) is 3.52. The molecule has 2 amide bonds. The van der Waals surface area contributed by atoms with Gasteiger partial charge in [0.1, 0.15) is 5.75 Å². The fourth-order valence-electron chi connectivity index (χ4n) is 2.35. The molecule has 2 aromatic carbocycles. The molecule has 1 aromatic heterocycles. The van der Waals surface area contributed by atoms with E-state index in [2.05, 4.69) is 31.5 Å². The molecule has 27 heavy (non-hydrogen) atoms. The molecule has 138 valence electrons. The van der Waals surface area contributed by atoms with Gasteiger partial charge in [0.15, 0.2) is 5.13 Å². The number of hydrogen-bond donors (Lipinski definition) is 2. The third kappa shape index (κ3) is 4.93. The molecule has 0 aliphatic heterocycles. The number of nitrogens with one attached hydrogen (secondary N) is 2. The average molecular weight is 446 g/mol. The number of rotatable bonds is 6. The van der Waals surface area contributed by atoms with Crippen LogP contribution in [0.15, 0.2) is 58.5 Å². The first-order valence-electron chi connectivity index (χ1n) is 8.11. The van der Waals surface area contributed by atoms with Gasteiger partial charge in [0.2, 0.25) is 0 Å². The molecule has 0 saturated heterocycles. The van der Waals surface area contributed by atoms with E-state index in [0.717, 1.165) is 4.47 Å². The summed E-state index contributed by atoms with van der Waals surface area (Å²) in [5.74, 6) is -0.119. The van der Waals surface area contributed by atoms with Crippen molar-refractivity contribution in [3.05, 3.63) is 69.6 Å². The molecule has 0 aliphatic carbocycles. The minimum Gasteiger partial charge on any atom is -0.493 e. The van der Waals surface area contributed by atoms with Gasteiger partial charge in [-0.15, -0.1) is 11.3 Å². The first-order chi connectivity index (χ1) is 13.1. The van der Waals surface area contributed by atoms with Crippen molar-refractivity contribution in [2.24, 2.45) is 0 Å². The molecular weight excluding hydrogens is 430 g/mol. The maximum Gasteiger partial charge on any atom is 0.259 e. The summed E-state index contributed by atoms with van der Waals surface area (Å²) in [5, 5.41) is 7.82. The second-order valence-electron chi connectivity index (χ2n) is 5.40. The Kier molecular flexibility index (Phi) is 6.20. The number of nitrogens with zero attached hydrogens (tertiary/aromatic N) is 1. The minimum absolute atomic E-state index is 0.293. The summed E-state index contributed by atoms with van der Waals surface area (Å²) in [6.45, 7) is 2.31. The lowest BCUT2D eigenvalue weighted by Gasteiger charge is -2.12. The third-order valence-corrected chi connectivity index (χ3v) is 4.70. The molecule has 0 radical (unpaired) electrons. The Balaban J connectivity index is 1.77. The maximum atomic E-state index is 12.7. The average Bonchev–Trinajstić information content (AvgIpc) is 3.16. The van der Waals surface area contributed by atoms with Crippen LogP contribution >= 0.6 is 27.3 Å². The van der Waals surface area contributed by atoms with Crippen molar-refractivity contribution in [3.8, 4) is 5.75 Å². The number of halogens is 1. The summed E-state index contributed by atoms with van der Waals surface area (Å²) in [7, 11) is 0. The number of carbonyl (C=O) groups is 2. The summed E-state index contributed by atoms with van der Waals surface area (Å²) < 4.78 is 6.29. The van der Waals surface area contributed by atoms with Crippen LogP contribution in [0.1, 0.15) is 27.6 Å². The molecule has 3 aromatic rings. The van der Waals surface area contributed by atoms with Crippen LogP contribution in [-0.2, 0) is 0 Å². The number of anilines is 2. The second kappa shape index (κ2) is 8.79. The van der Waals surface area contributed by atoms with Gasteiger partial charge in [-0.25, -0.2) is 4.98 Å². The van der Waals surface area contributed by atoms with Crippen LogP contribution in [-0.4, -0.2) is 23.4 Å². The fourth-order valence-corrected chi connectivity index (χ4v) is 3.24. The van der Waals surface area contributed by atoms with Gasteiger partial charge in [-0.2, -0.15) is 0 Å². The molecule has 0 saturated carbocycles. The molecule has 0 aliphatic rings. The highest BCUT2D eigenvalue weighted by Gasteiger charge is 2.15. The first kappa shape index (κ1) is 19.1. The lowest BCUT2D eigenvalue weighted by Crippen LogP contribution is -2.15. The number of benzene rings is 2. The molecule has 0 atom stereocenters. The van der Waals surface area contributed by atoms with Gasteiger partial charge in [-0.3, -0.25) is 14.9 Å². The number of thiazole rings is 1. The van der Waals surface area contributed by atoms with Crippen LogP contribution < -0.4 is 15.4 Å². The zero-order valence-electron chi connectivity index (χ0n) is 14.4. The monoisotopic (exact) mass is 445 g/mol. The molecule has 0 bridgehead atoms. The van der Waals surface area contributed by atoms with Crippen molar-refractivity contribution in [2.75, 3.05) is 17.2 Å². The van der Waals surface area contributed by atoms with Gasteiger partial charge in [-0.1, -0.05) is 22.0 Å². The molecule has 1 heterocycles. The van der Waals surface area contributed by atoms with Crippen molar-refractivity contribution in [1.82, 2.24) is 4.98 Å². The van der Waals surface area contributed by atoms with E-state index >= 15 is 0 Å². The first-order valence-corrected chi connectivity index (χ1v) is 9.78. The van der Waals surface area contributed by atoms with E-state index in [1.165, 1.54) is 11.3 Å². The number of aromatic nitrogens is 1. The van der Waals surface area contributed by atoms with Gasteiger partial charge >= 0.3 is 0 Å². The number of ether oxygens (including phenoxy) is 1. The van der Waals surface area contributed by atoms with Crippen LogP contribution in [0.25, 0.3) is 0 Å². The standard InChI is InChI=1S/C19H16BrN3O3S/c1-2-26-16-7-6-13(20)11-15(16)18(25)22-14-5-3-4-12(10-14)17(24)23-19-21-8-9-27-19/h3-11H,2H2,1H3,(H,22,25)(H,21,23,24). The summed E-state index contributed by atoms with van der Waals surface area (Å²) in [6.07, 6.45) is 1.62. The van der Waals surface area contributed by atoms with E-state index in [-0.39, 0.29) is 11.8 Å². The van der Waals surface area contributed by atoms with Crippen molar-refractivity contribution in [1.29, 1.82) is 0 Å². The zero-order valence-corrected chi connectivity index (χ0v) is 16.8. The smallest absolute Gasteiger partial charge is 0.259 e. The predicted molar refractivity (Wildman–Crippen MR) is 110 cm³/mol. The highest BCUT2D eigenvalue weighted by molar-refractivity contribution is 9.10. The molecule has 0 fully saturated rings. The number of amides is 2. The van der Waals surface area contributed by atoms with Crippen LogP contribution in [0.5, 0.6) is 5.75 Å². The van der Waals surface area contributed by atoms with Gasteiger partial charge in [0, 0.05) is 27.3 Å². The minimum atomic E-state index is -0.322. The van der Waals surface area contributed by atoms with Crippen LogP contribution in [0, 0.1) is 0 Å². The van der Waals surface area contributed by atoms with Crippen molar-refractivity contribution in [3.63, 3.8) is 0 Å². The highest BCUT2D eigenvalue weighted by Crippen LogP contribution is 2.25. The Hall–Kier alpha value is -2.71. The van der Waals surface area contributed by atoms with Gasteiger partial charge in [-0.05, 0) is 43.3 Å². The van der Waals surface area contributed by atoms with Gasteiger partial charge in [0.25, 0.3) is 11.8 Å². The van der Waals surface area contributed by atoms with Crippen LogP contribution in [0.2, 0.25) is 0 Å². The maximum absolute atomic E-state index is 12.7. The van der Waals surface area contributed by atoms with Crippen LogP contribution in [0.3, 0.4) is 0 Å². The summed E-state index contributed by atoms with van der Waals surface area (Å²) in [5.41, 5.74) is 1.33. The Labute approximate surface area is 168 Å². The SMILES string of the molecule is CCOc1ccc(Br)cc1C(=O)Nc1cccc(C(=O)Nc2nccs2)c1. The van der Waals surface area contributed by atoms with Gasteiger partial charge in [0.05, 0.1) is 12.2 Å². The molecular formula is C19H16BrN3O3S. The summed E-state index contributed by atoms with van der Waals surface area (Å²) in [6, 6.07) is 11.9. The molecule has 8 heteroatoms. The van der Waals surface area contributed by atoms with E-state index < -0.39 is 0 Å². The fraction of sp³-hybridized carbons (Fsp3) is 0.105. The molecule has 2 N–H and O–H groups in total. The predicted octanol–water partition coefficient (Wildman–Crippen LogP) is 4.81. The largest absolute Gasteiger partial charge is 0.493 e. The van der Waals surface area contributed by atoms with E-state index in [9.17, 15) is 9.59 Å². The molecule has 3 rings (SSSR count). The zero-order chi connectivity index (χ0) is 19.2. The lowest BCUT2D eigenvalue weighted by molar-refractivity contribution is 0.101. The van der Waals surface area contributed by atoms with Gasteiger partial charge < -0.3 is 10.1 Å². The highest BCUT2D eigenvalue weighted by atomic mass is 79.9. The Morgan fingerprint density at radius 3 is 2.74 bits per heavy atom. The van der Waals surface area contributed by atoms with E-state index in [4.69, 9.17) is 4.74 Å². The number of hydrogen-bond acceptors (Lipinski definition) is 5. The quantitative estimate of drug-likeness (QED) is 0.570. The molecule has 0 unspecified atom stereocenters. The molecule has 6 nitrogen and oxygen atoms in total. The summed E-state index contributed by atoms with van der Waals surface area (Å²) >= 11 is 4.70.